The number of amides is 3. The quantitative estimate of drug-likeness (QED) is 0.717. The smallest absolute Gasteiger partial charge is 0.270 e. The number of aryl methyl sites for hydroxylation is 2. The van der Waals surface area contributed by atoms with E-state index in [-0.39, 0.29) is 11.9 Å². The Morgan fingerprint density at radius 1 is 1.17 bits per heavy atom. The number of carbonyl (C=O) groups excluding carboxylic acids is 2. The van der Waals surface area contributed by atoms with E-state index in [0.717, 1.165) is 18.2 Å². The molecule has 0 radical (unpaired) electrons. The lowest BCUT2D eigenvalue weighted by atomic mass is 10.1. The van der Waals surface area contributed by atoms with E-state index in [1.165, 1.54) is 28.0 Å². The number of aliphatic imine (C=N–C) groups is 1. The Morgan fingerprint density at radius 2 is 1.92 bits per heavy atom. The van der Waals surface area contributed by atoms with E-state index in [1.54, 1.807) is 7.05 Å². The summed E-state index contributed by atoms with van der Waals surface area (Å²) in [5, 5.41) is 0. The fourth-order valence-corrected chi connectivity index (χ4v) is 3.67. The van der Waals surface area contributed by atoms with Gasteiger partial charge in [-0.2, -0.15) is 0 Å². The van der Waals surface area contributed by atoms with E-state index in [0.29, 0.717) is 12.4 Å². The molecule has 1 saturated heterocycles. The minimum absolute atomic E-state index is 0.214. The summed E-state index contributed by atoms with van der Waals surface area (Å²) >= 11 is 0. The molecule has 3 amide bonds. The molecule has 1 aromatic carbocycles. The van der Waals surface area contributed by atoms with Crippen molar-refractivity contribution in [3.63, 3.8) is 0 Å². The molecule has 0 N–H and O–H groups in total. The average molecular weight is 326 g/mol. The highest BCUT2D eigenvalue weighted by atomic mass is 16.2. The van der Waals surface area contributed by atoms with Crippen molar-refractivity contribution < 1.29 is 14.2 Å². The minimum atomic E-state index is -0.497. The number of carbonyl (C=O) groups is 2. The second kappa shape index (κ2) is 4.90. The molecule has 3 heterocycles. The van der Waals surface area contributed by atoms with Crippen molar-refractivity contribution in [3.8, 4) is 0 Å². The Balaban J connectivity index is 1.78. The monoisotopic (exact) mass is 326 g/mol. The molecule has 1 atom stereocenters. The molecule has 7 heteroatoms. The van der Waals surface area contributed by atoms with E-state index >= 15 is 0 Å². The minimum Gasteiger partial charge on any atom is -0.270 e. The Labute approximate surface area is 140 Å². The first-order valence-electron chi connectivity index (χ1n) is 8.02. The number of guanidine groups is 1. The number of benzene rings is 1. The second-order valence-electron chi connectivity index (χ2n) is 6.55. The third-order valence-corrected chi connectivity index (χ3v) is 4.96. The fourth-order valence-electron chi connectivity index (χ4n) is 3.67. The van der Waals surface area contributed by atoms with Crippen LogP contribution in [0.15, 0.2) is 23.2 Å². The lowest BCUT2D eigenvalue weighted by Gasteiger charge is -2.31. The highest BCUT2D eigenvalue weighted by Crippen LogP contribution is 2.28. The van der Waals surface area contributed by atoms with Crippen LogP contribution >= 0.6 is 0 Å². The van der Waals surface area contributed by atoms with Crippen LogP contribution in [0.25, 0.3) is 0 Å². The van der Waals surface area contributed by atoms with Crippen LogP contribution in [0.5, 0.6) is 0 Å². The number of likely N-dealkylation sites (N-methyl/N-ethyl adjacent to an activating group) is 2. The van der Waals surface area contributed by atoms with Crippen LogP contribution in [-0.4, -0.2) is 71.3 Å². The number of amidine groups is 1. The molecule has 0 aromatic heterocycles. The Bertz CT molecular complexity index is 841. The molecule has 24 heavy (non-hydrogen) atoms. The standard InChI is InChI=1S/C17H20N5O2/c1-10-5-6-12(11(2)9-10)21-7-8-22-13-14(18-16(21)22)19(3)17(24)20(4)15(13)23/h5-6,9,13H,7-8H2,1-4H3/q+1. The van der Waals surface area contributed by atoms with Crippen molar-refractivity contribution in [3.05, 3.63) is 29.3 Å². The predicted octanol–water partition coefficient (Wildman–Crippen LogP) is 0.796. The summed E-state index contributed by atoms with van der Waals surface area (Å²) in [6.45, 7) is 5.64. The number of anilines is 1. The van der Waals surface area contributed by atoms with Gasteiger partial charge >= 0.3 is 12.0 Å². The van der Waals surface area contributed by atoms with Crippen molar-refractivity contribution in [2.75, 3.05) is 32.1 Å². The van der Waals surface area contributed by atoms with Crippen LogP contribution < -0.4 is 4.90 Å². The van der Waals surface area contributed by atoms with Crippen molar-refractivity contribution in [2.45, 2.75) is 19.9 Å². The maximum Gasteiger partial charge on any atom is 0.397 e. The van der Waals surface area contributed by atoms with Crippen molar-refractivity contribution in [1.29, 1.82) is 0 Å². The Hall–Kier alpha value is -2.70. The van der Waals surface area contributed by atoms with Crippen LogP contribution in [-0.2, 0) is 4.79 Å². The van der Waals surface area contributed by atoms with Gasteiger partial charge in [-0.3, -0.25) is 14.6 Å². The molecule has 3 aliphatic rings. The lowest BCUT2D eigenvalue weighted by molar-refractivity contribution is -0.525. The first kappa shape index (κ1) is 14.9. The molecule has 3 aliphatic heterocycles. The van der Waals surface area contributed by atoms with E-state index in [9.17, 15) is 9.59 Å². The van der Waals surface area contributed by atoms with E-state index in [4.69, 9.17) is 0 Å². The van der Waals surface area contributed by atoms with Crippen LogP contribution in [0.4, 0.5) is 10.5 Å². The lowest BCUT2D eigenvalue weighted by Crippen LogP contribution is -2.61. The zero-order valence-electron chi connectivity index (χ0n) is 14.3. The molecule has 124 valence electrons. The molecule has 1 fully saturated rings. The molecule has 0 spiro atoms. The summed E-state index contributed by atoms with van der Waals surface area (Å²) in [6.07, 6.45) is 0. The highest BCUT2D eigenvalue weighted by molar-refractivity contribution is 6.24. The van der Waals surface area contributed by atoms with Gasteiger partial charge in [0.1, 0.15) is 12.2 Å². The van der Waals surface area contributed by atoms with Crippen LogP contribution in [0, 0.1) is 13.8 Å². The van der Waals surface area contributed by atoms with Gasteiger partial charge < -0.3 is 0 Å². The molecule has 1 unspecified atom stereocenters. The van der Waals surface area contributed by atoms with Gasteiger partial charge in [0.05, 0.1) is 6.54 Å². The van der Waals surface area contributed by atoms with Gasteiger partial charge in [0.15, 0.2) is 0 Å². The molecule has 4 rings (SSSR count). The number of urea groups is 1. The summed E-state index contributed by atoms with van der Waals surface area (Å²) in [6, 6.07) is 5.47. The number of imide groups is 1. The van der Waals surface area contributed by atoms with Gasteiger partial charge in [-0.25, -0.2) is 14.3 Å². The summed E-state index contributed by atoms with van der Waals surface area (Å²) in [7, 11) is 3.19. The van der Waals surface area contributed by atoms with Gasteiger partial charge in [-0.1, -0.05) is 22.7 Å². The van der Waals surface area contributed by atoms with E-state index in [1.807, 2.05) is 4.58 Å². The SMILES string of the molecule is Cc1ccc(N2CC[N+]3=C2N=C2C3C(=O)N(C)C(=O)N2C)c(C)c1. The van der Waals surface area contributed by atoms with Gasteiger partial charge in [-0.05, 0) is 25.5 Å². The molecule has 0 bridgehead atoms. The Kier molecular flexibility index (Phi) is 3.03. The molecular formula is C17H20N5O2+. The first-order chi connectivity index (χ1) is 11.4. The van der Waals surface area contributed by atoms with E-state index < -0.39 is 6.04 Å². The first-order valence-corrected chi connectivity index (χ1v) is 8.02. The Morgan fingerprint density at radius 3 is 2.62 bits per heavy atom. The fraction of sp³-hybridized carbons (Fsp3) is 0.412. The normalized spacial score (nSPS) is 23.1. The second-order valence-corrected chi connectivity index (χ2v) is 6.55. The van der Waals surface area contributed by atoms with Gasteiger partial charge in [-0.15, -0.1) is 0 Å². The highest BCUT2D eigenvalue weighted by Gasteiger charge is 2.54. The van der Waals surface area contributed by atoms with Crippen LogP contribution in [0.3, 0.4) is 0 Å². The molecular weight excluding hydrogens is 306 g/mol. The molecule has 1 aromatic rings. The zero-order chi connectivity index (χ0) is 17.2. The van der Waals surface area contributed by atoms with Crippen LogP contribution in [0.1, 0.15) is 11.1 Å². The third kappa shape index (κ3) is 1.84. The average Bonchev–Trinajstić information content (AvgIpc) is 3.10. The summed E-state index contributed by atoms with van der Waals surface area (Å²) < 4.78 is 2.00. The van der Waals surface area contributed by atoms with Gasteiger partial charge in [0.25, 0.3) is 5.91 Å². The molecule has 0 saturated carbocycles. The number of hydrogen-bond acceptors (Lipinski definition) is 4. The summed E-state index contributed by atoms with van der Waals surface area (Å²) in [4.78, 5) is 34.2. The van der Waals surface area contributed by atoms with Gasteiger partial charge in [0.2, 0.25) is 11.9 Å². The largest absolute Gasteiger partial charge is 0.397 e. The summed E-state index contributed by atoms with van der Waals surface area (Å²) in [5.74, 6) is 1.06. The third-order valence-electron chi connectivity index (χ3n) is 4.96. The van der Waals surface area contributed by atoms with Crippen molar-refractivity contribution in [2.24, 2.45) is 4.99 Å². The zero-order valence-corrected chi connectivity index (χ0v) is 14.3. The van der Waals surface area contributed by atoms with Crippen molar-refractivity contribution in [1.82, 2.24) is 9.80 Å². The predicted molar refractivity (Wildman–Crippen MR) is 90.5 cm³/mol. The number of rotatable bonds is 1. The van der Waals surface area contributed by atoms with E-state index in [2.05, 4.69) is 41.9 Å². The topological polar surface area (TPSA) is 59.2 Å². The summed E-state index contributed by atoms with van der Waals surface area (Å²) in [5.41, 5.74) is 3.48. The maximum atomic E-state index is 12.6. The molecule has 7 nitrogen and oxygen atoms in total. The number of nitrogens with zero attached hydrogens (tertiary/aromatic N) is 5. The maximum absolute atomic E-state index is 12.6. The number of fused-ring (bicyclic) bond motifs is 2. The van der Waals surface area contributed by atoms with Crippen molar-refractivity contribution >= 4 is 29.4 Å². The molecule has 0 aliphatic carbocycles. The van der Waals surface area contributed by atoms with Crippen LogP contribution in [0.2, 0.25) is 0 Å². The van der Waals surface area contributed by atoms with Gasteiger partial charge in [0, 0.05) is 14.1 Å². The number of hydrogen-bond donors (Lipinski definition) is 0.